The van der Waals surface area contributed by atoms with Gasteiger partial charge in [0, 0.05) is 30.4 Å². The summed E-state index contributed by atoms with van der Waals surface area (Å²) in [5, 5.41) is 9.04. The lowest BCUT2D eigenvalue weighted by Crippen LogP contribution is -2.32. The molecule has 0 spiro atoms. The monoisotopic (exact) mass is 257 g/mol. The van der Waals surface area contributed by atoms with E-state index in [2.05, 4.69) is 9.97 Å². The number of aliphatic hydroxyl groups is 1. The Kier molecular flexibility index (Phi) is 3.33. The first-order chi connectivity index (χ1) is 8.48. The summed E-state index contributed by atoms with van der Waals surface area (Å²) in [4.78, 5) is 7.80. The molecule has 18 heavy (non-hydrogen) atoms. The Morgan fingerprint density at radius 1 is 1.22 bits per heavy atom. The van der Waals surface area contributed by atoms with Crippen molar-refractivity contribution in [1.82, 2.24) is 14.5 Å². The first-order valence-electron chi connectivity index (χ1n) is 5.15. The third kappa shape index (κ3) is 2.67. The van der Waals surface area contributed by atoms with E-state index < -0.39 is 18.8 Å². The molecular weight excluding hydrogens is 247 g/mol. The molecule has 4 nitrogen and oxygen atoms in total. The molecule has 0 bridgehead atoms. The number of aromatic nitrogens is 3. The number of aliphatic hydroxyl groups excluding tert-OH is 1. The fourth-order valence-corrected chi connectivity index (χ4v) is 1.51. The molecule has 0 fully saturated rings. The van der Waals surface area contributed by atoms with E-state index in [1.807, 2.05) is 0 Å². The zero-order valence-electron chi connectivity index (χ0n) is 9.17. The average Bonchev–Trinajstić information content (AvgIpc) is 2.77. The number of hydrogen-bond donors (Lipinski definition) is 1. The van der Waals surface area contributed by atoms with Gasteiger partial charge in [0.1, 0.15) is 5.82 Å². The first-order valence-corrected chi connectivity index (χ1v) is 5.15. The minimum atomic E-state index is -4.64. The van der Waals surface area contributed by atoms with Gasteiger partial charge in [0.15, 0.2) is 6.10 Å². The van der Waals surface area contributed by atoms with Crippen molar-refractivity contribution in [3.8, 4) is 11.4 Å². The Labute approximate surface area is 101 Å². The fourth-order valence-electron chi connectivity index (χ4n) is 1.51. The van der Waals surface area contributed by atoms with E-state index in [0.717, 1.165) is 0 Å². The fraction of sp³-hybridized carbons (Fsp3) is 0.273. The molecule has 0 amide bonds. The van der Waals surface area contributed by atoms with Gasteiger partial charge in [0.2, 0.25) is 0 Å². The van der Waals surface area contributed by atoms with Crippen LogP contribution in [0.15, 0.2) is 36.9 Å². The number of halogens is 3. The molecule has 1 atom stereocenters. The van der Waals surface area contributed by atoms with Crippen molar-refractivity contribution in [3.63, 3.8) is 0 Å². The molecule has 2 aromatic heterocycles. The third-order valence-corrected chi connectivity index (χ3v) is 2.40. The van der Waals surface area contributed by atoms with E-state index in [9.17, 15) is 13.2 Å². The summed E-state index contributed by atoms with van der Waals surface area (Å²) in [5.41, 5.74) is 0.643. The zero-order valence-corrected chi connectivity index (χ0v) is 9.17. The van der Waals surface area contributed by atoms with Crippen LogP contribution in [0.2, 0.25) is 0 Å². The second-order valence-electron chi connectivity index (χ2n) is 3.70. The largest absolute Gasteiger partial charge is 0.416 e. The summed E-state index contributed by atoms with van der Waals surface area (Å²) in [6.07, 6.45) is -1.22. The van der Waals surface area contributed by atoms with Crippen LogP contribution in [0.5, 0.6) is 0 Å². The maximum absolute atomic E-state index is 12.3. The Bertz CT molecular complexity index is 510. The van der Waals surface area contributed by atoms with E-state index in [4.69, 9.17) is 5.11 Å². The van der Waals surface area contributed by atoms with Gasteiger partial charge >= 0.3 is 6.18 Å². The van der Waals surface area contributed by atoms with Crippen molar-refractivity contribution in [2.75, 3.05) is 0 Å². The predicted molar refractivity (Wildman–Crippen MR) is 57.5 cm³/mol. The van der Waals surface area contributed by atoms with Gasteiger partial charge in [0.25, 0.3) is 0 Å². The molecule has 0 aliphatic heterocycles. The minimum absolute atomic E-state index is 0.362. The molecule has 0 aliphatic carbocycles. The molecule has 0 saturated carbocycles. The van der Waals surface area contributed by atoms with E-state index >= 15 is 0 Å². The summed E-state index contributed by atoms with van der Waals surface area (Å²) < 4.78 is 38.1. The van der Waals surface area contributed by atoms with Crippen LogP contribution in [-0.4, -0.2) is 31.9 Å². The number of alkyl halides is 3. The van der Waals surface area contributed by atoms with Crippen molar-refractivity contribution in [2.24, 2.45) is 0 Å². The van der Waals surface area contributed by atoms with Gasteiger partial charge in [-0.3, -0.25) is 4.98 Å². The molecule has 2 heterocycles. The van der Waals surface area contributed by atoms with Crippen molar-refractivity contribution in [1.29, 1.82) is 0 Å². The van der Waals surface area contributed by atoms with Gasteiger partial charge in [0.05, 0.1) is 6.54 Å². The maximum Gasteiger partial charge on any atom is 0.416 e. The normalized spacial score (nSPS) is 13.6. The topological polar surface area (TPSA) is 50.9 Å². The number of rotatable bonds is 3. The highest BCUT2D eigenvalue weighted by Gasteiger charge is 2.38. The molecule has 1 unspecified atom stereocenters. The molecule has 2 aromatic rings. The van der Waals surface area contributed by atoms with Gasteiger partial charge in [-0.05, 0) is 12.1 Å². The third-order valence-electron chi connectivity index (χ3n) is 2.40. The summed E-state index contributed by atoms with van der Waals surface area (Å²) >= 11 is 0. The van der Waals surface area contributed by atoms with Gasteiger partial charge < -0.3 is 9.67 Å². The van der Waals surface area contributed by atoms with Crippen LogP contribution in [0.4, 0.5) is 13.2 Å². The van der Waals surface area contributed by atoms with E-state index in [1.165, 1.54) is 29.4 Å². The predicted octanol–water partition coefficient (Wildman–Crippen LogP) is 1.87. The lowest BCUT2D eigenvalue weighted by atomic mass is 10.2. The Balaban J connectivity index is 2.24. The SMILES string of the molecule is OC(Cn1ccnc1-c1ccncc1)C(F)(F)F. The van der Waals surface area contributed by atoms with Crippen LogP contribution in [0.25, 0.3) is 11.4 Å². The highest BCUT2D eigenvalue weighted by Crippen LogP contribution is 2.23. The molecule has 96 valence electrons. The quantitative estimate of drug-likeness (QED) is 0.913. The second-order valence-corrected chi connectivity index (χ2v) is 3.70. The highest BCUT2D eigenvalue weighted by molar-refractivity contribution is 5.54. The van der Waals surface area contributed by atoms with Crippen LogP contribution in [0.1, 0.15) is 0 Å². The van der Waals surface area contributed by atoms with Crippen molar-refractivity contribution < 1.29 is 18.3 Å². The van der Waals surface area contributed by atoms with E-state index in [0.29, 0.717) is 11.4 Å². The number of imidazole rings is 1. The lowest BCUT2D eigenvalue weighted by molar-refractivity contribution is -0.207. The van der Waals surface area contributed by atoms with Gasteiger partial charge in [-0.25, -0.2) is 4.98 Å². The molecule has 1 N–H and O–H groups in total. The molecule has 0 aromatic carbocycles. The summed E-state index contributed by atoms with van der Waals surface area (Å²) in [6, 6.07) is 3.28. The van der Waals surface area contributed by atoms with Gasteiger partial charge in [-0.15, -0.1) is 0 Å². The van der Waals surface area contributed by atoms with Crippen molar-refractivity contribution in [3.05, 3.63) is 36.9 Å². The Morgan fingerprint density at radius 2 is 1.89 bits per heavy atom. The van der Waals surface area contributed by atoms with Crippen molar-refractivity contribution >= 4 is 0 Å². The Morgan fingerprint density at radius 3 is 2.50 bits per heavy atom. The zero-order chi connectivity index (χ0) is 13.2. The standard InChI is InChI=1S/C11H10F3N3O/c12-11(13,14)9(18)7-17-6-5-16-10(17)8-1-3-15-4-2-8/h1-6,9,18H,7H2. The molecular formula is C11H10F3N3O. The molecule has 7 heteroatoms. The number of nitrogens with zero attached hydrogens (tertiary/aromatic N) is 3. The maximum atomic E-state index is 12.3. The average molecular weight is 257 g/mol. The van der Waals surface area contributed by atoms with Crippen LogP contribution < -0.4 is 0 Å². The molecule has 0 radical (unpaired) electrons. The minimum Gasteiger partial charge on any atom is -0.382 e. The number of pyridine rings is 1. The van der Waals surface area contributed by atoms with E-state index in [-0.39, 0.29) is 0 Å². The summed E-state index contributed by atoms with van der Waals surface area (Å²) in [5.74, 6) is 0.362. The van der Waals surface area contributed by atoms with Crippen LogP contribution >= 0.6 is 0 Å². The van der Waals surface area contributed by atoms with Gasteiger partial charge in [-0.2, -0.15) is 13.2 Å². The summed E-state index contributed by atoms with van der Waals surface area (Å²) in [6.45, 7) is -0.582. The second kappa shape index (κ2) is 4.77. The smallest absolute Gasteiger partial charge is 0.382 e. The molecule has 0 saturated heterocycles. The van der Waals surface area contributed by atoms with Crippen LogP contribution in [0, 0.1) is 0 Å². The lowest BCUT2D eigenvalue weighted by Gasteiger charge is -2.16. The summed E-state index contributed by atoms with van der Waals surface area (Å²) in [7, 11) is 0. The van der Waals surface area contributed by atoms with Gasteiger partial charge in [-0.1, -0.05) is 0 Å². The van der Waals surface area contributed by atoms with Crippen molar-refractivity contribution in [2.45, 2.75) is 18.8 Å². The Hall–Kier alpha value is -1.89. The number of hydrogen-bond acceptors (Lipinski definition) is 3. The van der Waals surface area contributed by atoms with E-state index in [1.54, 1.807) is 12.1 Å². The molecule has 2 rings (SSSR count). The molecule has 0 aliphatic rings. The van der Waals surface area contributed by atoms with Crippen LogP contribution in [-0.2, 0) is 6.54 Å². The first kappa shape index (κ1) is 12.6. The van der Waals surface area contributed by atoms with Crippen LogP contribution in [0.3, 0.4) is 0 Å². The highest BCUT2D eigenvalue weighted by atomic mass is 19.4.